The summed E-state index contributed by atoms with van der Waals surface area (Å²) in [7, 11) is 0. The zero-order chi connectivity index (χ0) is 11.5. The summed E-state index contributed by atoms with van der Waals surface area (Å²) in [5.41, 5.74) is 4.27. The third kappa shape index (κ3) is 2.31. The molecule has 1 aromatic carbocycles. The van der Waals surface area contributed by atoms with Crippen LogP contribution in [-0.2, 0) is 6.54 Å². The molecule has 0 radical (unpaired) electrons. The zero-order valence-electron chi connectivity index (χ0n) is 9.55. The number of nitrogens with zero attached hydrogens (tertiary/aromatic N) is 1. The van der Waals surface area contributed by atoms with Crippen molar-refractivity contribution < 1.29 is 9.67 Å². The lowest BCUT2D eigenvalue weighted by Crippen LogP contribution is -2.37. The zero-order valence-corrected chi connectivity index (χ0v) is 10.4. The highest BCUT2D eigenvalue weighted by atomic mass is 32.1. The fraction of sp³-hybridized carbons (Fsp3) is 0.308. The number of rotatable bonds is 3. The first kappa shape index (κ1) is 11.3. The van der Waals surface area contributed by atoms with Crippen LogP contribution in [-0.4, -0.2) is 5.11 Å². The number of aryl methyl sites for hydroxylation is 1. The van der Waals surface area contributed by atoms with Gasteiger partial charge < -0.3 is 5.11 Å². The molecule has 2 nitrogen and oxygen atoms in total. The SMILES string of the molecule is Cc1sc[n+](C[C@H](O)c2ccccc2)c1C. The molecule has 0 fully saturated rings. The van der Waals surface area contributed by atoms with Crippen LogP contribution in [0.1, 0.15) is 22.2 Å². The highest BCUT2D eigenvalue weighted by Gasteiger charge is 2.17. The fourth-order valence-corrected chi connectivity index (χ4v) is 2.47. The lowest BCUT2D eigenvalue weighted by molar-refractivity contribution is -0.706. The Kier molecular flexibility index (Phi) is 3.36. The maximum Gasteiger partial charge on any atom is 0.225 e. The van der Waals surface area contributed by atoms with E-state index in [0.717, 1.165) is 5.56 Å². The highest BCUT2D eigenvalue weighted by Crippen LogP contribution is 2.14. The third-order valence-electron chi connectivity index (χ3n) is 2.85. The van der Waals surface area contributed by atoms with E-state index in [0.29, 0.717) is 6.54 Å². The van der Waals surface area contributed by atoms with E-state index in [1.54, 1.807) is 11.3 Å². The maximum absolute atomic E-state index is 10.1. The van der Waals surface area contributed by atoms with Gasteiger partial charge in [-0.2, -0.15) is 4.57 Å². The summed E-state index contributed by atoms with van der Waals surface area (Å²) in [5, 5.41) is 10.1. The van der Waals surface area contributed by atoms with Gasteiger partial charge in [-0.15, -0.1) is 0 Å². The standard InChI is InChI=1S/C13H16NOS/c1-10-11(2)16-9-14(10)8-13(15)12-6-4-3-5-7-12/h3-7,9,13,15H,8H2,1-2H3/q+1/t13-/m0/s1. The molecular formula is C13H16NOS+. The van der Waals surface area contributed by atoms with Gasteiger partial charge >= 0.3 is 0 Å². The maximum atomic E-state index is 10.1. The van der Waals surface area contributed by atoms with Crippen LogP contribution in [0.3, 0.4) is 0 Å². The molecule has 0 bridgehead atoms. The Bertz CT molecular complexity index is 464. The number of hydrogen-bond acceptors (Lipinski definition) is 2. The van der Waals surface area contributed by atoms with Crippen LogP contribution >= 0.6 is 11.3 Å². The molecule has 1 N–H and O–H groups in total. The van der Waals surface area contributed by atoms with Crippen molar-refractivity contribution in [1.82, 2.24) is 0 Å². The Morgan fingerprint density at radius 3 is 2.50 bits per heavy atom. The van der Waals surface area contributed by atoms with E-state index in [2.05, 4.69) is 23.9 Å². The summed E-state index contributed by atoms with van der Waals surface area (Å²) in [6.07, 6.45) is -0.432. The van der Waals surface area contributed by atoms with Crippen molar-refractivity contribution >= 4 is 11.3 Å². The van der Waals surface area contributed by atoms with Gasteiger partial charge in [-0.1, -0.05) is 41.7 Å². The first-order chi connectivity index (χ1) is 7.68. The first-order valence-corrected chi connectivity index (χ1v) is 6.23. The molecular weight excluding hydrogens is 218 g/mol. The Hall–Kier alpha value is -1.19. The highest BCUT2D eigenvalue weighted by molar-refractivity contribution is 7.09. The van der Waals surface area contributed by atoms with Crippen molar-refractivity contribution in [2.24, 2.45) is 0 Å². The van der Waals surface area contributed by atoms with Crippen LogP contribution in [0.2, 0.25) is 0 Å². The van der Waals surface area contributed by atoms with Crippen LogP contribution in [0.25, 0.3) is 0 Å². The van der Waals surface area contributed by atoms with Crippen molar-refractivity contribution in [3.05, 3.63) is 52.0 Å². The molecule has 0 aliphatic heterocycles. The van der Waals surface area contributed by atoms with E-state index >= 15 is 0 Å². The number of aromatic nitrogens is 1. The second-order valence-electron chi connectivity index (χ2n) is 3.94. The van der Waals surface area contributed by atoms with Crippen LogP contribution in [0.4, 0.5) is 0 Å². The normalized spacial score (nSPS) is 12.7. The van der Waals surface area contributed by atoms with Gasteiger partial charge in [0.25, 0.3) is 0 Å². The minimum atomic E-state index is -0.432. The molecule has 2 rings (SSSR count). The molecule has 84 valence electrons. The predicted octanol–water partition coefficient (Wildman–Crippen LogP) is 2.39. The van der Waals surface area contributed by atoms with Gasteiger partial charge in [0.2, 0.25) is 5.51 Å². The van der Waals surface area contributed by atoms with Gasteiger partial charge in [-0.25, -0.2) is 0 Å². The molecule has 0 aliphatic carbocycles. The summed E-state index contributed by atoms with van der Waals surface area (Å²) >= 11 is 1.72. The quantitative estimate of drug-likeness (QED) is 0.810. The van der Waals surface area contributed by atoms with Gasteiger partial charge in [0.05, 0.1) is 4.88 Å². The van der Waals surface area contributed by atoms with Gasteiger partial charge in [0.1, 0.15) is 6.10 Å². The van der Waals surface area contributed by atoms with Crippen LogP contribution in [0.15, 0.2) is 35.8 Å². The molecule has 2 aromatic rings. The molecule has 3 heteroatoms. The summed E-state index contributed by atoms with van der Waals surface area (Å²) < 4.78 is 2.11. The molecule has 0 saturated carbocycles. The molecule has 0 spiro atoms. The van der Waals surface area contributed by atoms with E-state index in [-0.39, 0.29) is 0 Å². The molecule has 16 heavy (non-hydrogen) atoms. The smallest absolute Gasteiger partial charge is 0.225 e. The van der Waals surface area contributed by atoms with Gasteiger partial charge in [-0.3, -0.25) is 0 Å². The second kappa shape index (κ2) is 4.76. The van der Waals surface area contributed by atoms with E-state index < -0.39 is 6.10 Å². The summed E-state index contributed by atoms with van der Waals surface area (Å²) in [5.74, 6) is 0. The van der Waals surface area contributed by atoms with Crippen molar-refractivity contribution in [3.8, 4) is 0 Å². The van der Waals surface area contributed by atoms with Crippen molar-refractivity contribution in [3.63, 3.8) is 0 Å². The van der Waals surface area contributed by atoms with Crippen molar-refractivity contribution in [2.45, 2.75) is 26.5 Å². The lowest BCUT2D eigenvalue weighted by atomic mass is 10.1. The number of hydrogen-bond donors (Lipinski definition) is 1. The summed E-state index contributed by atoms with van der Waals surface area (Å²) in [6, 6.07) is 9.78. The molecule has 0 aliphatic rings. The van der Waals surface area contributed by atoms with Crippen molar-refractivity contribution in [1.29, 1.82) is 0 Å². The van der Waals surface area contributed by atoms with Gasteiger partial charge in [0.15, 0.2) is 12.2 Å². The minimum Gasteiger partial charge on any atom is -0.382 e. The molecule has 1 heterocycles. The predicted molar refractivity (Wildman–Crippen MR) is 65.4 cm³/mol. The van der Waals surface area contributed by atoms with E-state index in [1.165, 1.54) is 10.6 Å². The Morgan fingerprint density at radius 2 is 1.94 bits per heavy atom. The van der Waals surface area contributed by atoms with E-state index in [9.17, 15) is 5.11 Å². The van der Waals surface area contributed by atoms with E-state index in [4.69, 9.17) is 0 Å². The fourth-order valence-electron chi connectivity index (χ4n) is 1.66. The first-order valence-electron chi connectivity index (χ1n) is 5.35. The second-order valence-corrected chi connectivity index (χ2v) is 5.00. The Morgan fingerprint density at radius 1 is 1.25 bits per heavy atom. The molecule has 1 aromatic heterocycles. The Balaban J connectivity index is 2.14. The largest absolute Gasteiger partial charge is 0.382 e. The van der Waals surface area contributed by atoms with Crippen LogP contribution in [0, 0.1) is 13.8 Å². The third-order valence-corrected chi connectivity index (χ3v) is 3.86. The van der Waals surface area contributed by atoms with Gasteiger partial charge in [0, 0.05) is 6.92 Å². The monoisotopic (exact) mass is 234 g/mol. The van der Waals surface area contributed by atoms with Crippen LogP contribution < -0.4 is 4.57 Å². The molecule has 1 atom stereocenters. The molecule has 0 unspecified atom stereocenters. The Labute approximate surface area is 99.8 Å². The molecule has 0 saturated heterocycles. The topological polar surface area (TPSA) is 24.1 Å². The minimum absolute atomic E-state index is 0.432. The number of aliphatic hydroxyl groups is 1. The van der Waals surface area contributed by atoms with Gasteiger partial charge in [-0.05, 0) is 12.5 Å². The van der Waals surface area contributed by atoms with Crippen LogP contribution in [0.5, 0.6) is 0 Å². The average molecular weight is 234 g/mol. The summed E-state index contributed by atoms with van der Waals surface area (Å²) in [4.78, 5) is 1.31. The number of thiazole rings is 1. The molecule has 0 amide bonds. The lowest BCUT2D eigenvalue weighted by Gasteiger charge is -2.06. The number of aliphatic hydroxyl groups excluding tert-OH is 1. The average Bonchev–Trinajstić information content (AvgIpc) is 2.62. The van der Waals surface area contributed by atoms with Crippen molar-refractivity contribution in [2.75, 3.05) is 0 Å². The van der Waals surface area contributed by atoms with E-state index in [1.807, 2.05) is 30.3 Å². The number of benzene rings is 1. The summed E-state index contributed by atoms with van der Waals surface area (Å²) in [6.45, 7) is 4.81.